The van der Waals surface area contributed by atoms with Crippen LogP contribution in [0.1, 0.15) is 33.1 Å². The van der Waals surface area contributed by atoms with E-state index in [0.29, 0.717) is 19.8 Å². The topological polar surface area (TPSA) is 50.8 Å². The van der Waals surface area contributed by atoms with Gasteiger partial charge in [-0.2, -0.15) is 0 Å². The predicted octanol–water partition coefficient (Wildman–Crippen LogP) is 0.988. The summed E-state index contributed by atoms with van der Waals surface area (Å²) in [6.07, 6.45) is 2.90. The SMILES string of the molecule is CCOC(CCNCC(=O)N1CCCC1)OCC. The van der Waals surface area contributed by atoms with Crippen molar-refractivity contribution in [2.24, 2.45) is 0 Å². The third-order valence-electron chi connectivity index (χ3n) is 3.00. The van der Waals surface area contributed by atoms with Gasteiger partial charge in [-0.05, 0) is 26.7 Å². The molecule has 1 amide bonds. The molecule has 106 valence electrons. The van der Waals surface area contributed by atoms with Gasteiger partial charge < -0.3 is 19.7 Å². The number of ether oxygens (including phenoxy) is 2. The van der Waals surface area contributed by atoms with Crippen LogP contribution in [0.5, 0.6) is 0 Å². The van der Waals surface area contributed by atoms with Gasteiger partial charge >= 0.3 is 0 Å². The number of amides is 1. The van der Waals surface area contributed by atoms with Crippen LogP contribution >= 0.6 is 0 Å². The molecule has 18 heavy (non-hydrogen) atoms. The molecule has 1 aliphatic heterocycles. The minimum Gasteiger partial charge on any atom is -0.353 e. The standard InChI is InChI=1S/C13H26N2O3/c1-3-17-13(18-4-2)7-8-14-11-12(16)15-9-5-6-10-15/h13-14H,3-11H2,1-2H3. The maximum absolute atomic E-state index is 11.7. The smallest absolute Gasteiger partial charge is 0.236 e. The zero-order valence-corrected chi connectivity index (χ0v) is 11.6. The van der Waals surface area contributed by atoms with E-state index in [2.05, 4.69) is 5.32 Å². The molecule has 0 radical (unpaired) electrons. The van der Waals surface area contributed by atoms with Gasteiger partial charge in [0.1, 0.15) is 0 Å². The zero-order chi connectivity index (χ0) is 13.2. The summed E-state index contributed by atoms with van der Waals surface area (Å²) in [5, 5.41) is 3.16. The van der Waals surface area contributed by atoms with Crippen LogP contribution in [0.25, 0.3) is 0 Å². The molecule has 0 aromatic heterocycles. The van der Waals surface area contributed by atoms with Crippen molar-refractivity contribution >= 4 is 5.91 Å². The van der Waals surface area contributed by atoms with E-state index in [4.69, 9.17) is 9.47 Å². The number of nitrogens with one attached hydrogen (secondary N) is 1. The number of rotatable bonds is 9. The third-order valence-corrected chi connectivity index (χ3v) is 3.00. The lowest BCUT2D eigenvalue weighted by molar-refractivity contribution is -0.139. The Bertz CT molecular complexity index is 224. The fourth-order valence-electron chi connectivity index (χ4n) is 2.08. The fourth-order valence-corrected chi connectivity index (χ4v) is 2.08. The summed E-state index contributed by atoms with van der Waals surface area (Å²) < 4.78 is 10.9. The summed E-state index contributed by atoms with van der Waals surface area (Å²) in [6.45, 7) is 8.21. The summed E-state index contributed by atoms with van der Waals surface area (Å²) in [5.41, 5.74) is 0. The molecule has 0 atom stereocenters. The van der Waals surface area contributed by atoms with E-state index in [9.17, 15) is 4.79 Å². The van der Waals surface area contributed by atoms with Crippen LogP contribution in [0.3, 0.4) is 0 Å². The fraction of sp³-hybridized carbons (Fsp3) is 0.923. The first-order chi connectivity index (χ1) is 8.77. The van der Waals surface area contributed by atoms with Crippen molar-refractivity contribution in [3.05, 3.63) is 0 Å². The van der Waals surface area contributed by atoms with Crippen molar-refractivity contribution in [3.8, 4) is 0 Å². The molecular weight excluding hydrogens is 232 g/mol. The second-order valence-electron chi connectivity index (χ2n) is 4.39. The first kappa shape index (κ1) is 15.4. The molecule has 0 bridgehead atoms. The molecule has 1 rings (SSSR count). The van der Waals surface area contributed by atoms with E-state index < -0.39 is 0 Å². The van der Waals surface area contributed by atoms with Gasteiger partial charge in [0.05, 0.1) is 6.54 Å². The number of nitrogens with zero attached hydrogens (tertiary/aromatic N) is 1. The average Bonchev–Trinajstić information content (AvgIpc) is 2.88. The summed E-state index contributed by atoms with van der Waals surface area (Å²) in [4.78, 5) is 13.7. The Morgan fingerprint density at radius 2 is 1.83 bits per heavy atom. The number of carbonyl (C=O) groups excluding carboxylic acids is 1. The highest BCUT2D eigenvalue weighted by atomic mass is 16.7. The van der Waals surface area contributed by atoms with Crippen LogP contribution in [-0.4, -0.2) is 56.5 Å². The molecule has 0 unspecified atom stereocenters. The molecule has 0 aliphatic carbocycles. The van der Waals surface area contributed by atoms with Crippen molar-refractivity contribution in [2.45, 2.75) is 39.4 Å². The molecule has 1 heterocycles. The Labute approximate surface area is 110 Å². The van der Waals surface area contributed by atoms with E-state index >= 15 is 0 Å². The Morgan fingerprint density at radius 1 is 1.22 bits per heavy atom. The van der Waals surface area contributed by atoms with E-state index in [1.165, 1.54) is 0 Å². The van der Waals surface area contributed by atoms with Crippen LogP contribution < -0.4 is 5.32 Å². The molecule has 0 aromatic rings. The van der Waals surface area contributed by atoms with Gasteiger partial charge in [-0.3, -0.25) is 4.79 Å². The van der Waals surface area contributed by atoms with E-state index in [-0.39, 0.29) is 12.2 Å². The number of hydrogen-bond donors (Lipinski definition) is 1. The minimum absolute atomic E-state index is 0.158. The largest absolute Gasteiger partial charge is 0.353 e. The Kier molecular flexibility index (Phi) is 7.96. The van der Waals surface area contributed by atoms with Crippen LogP contribution in [0.15, 0.2) is 0 Å². The highest BCUT2D eigenvalue weighted by Crippen LogP contribution is 2.06. The molecule has 0 aromatic carbocycles. The lowest BCUT2D eigenvalue weighted by Gasteiger charge is -2.18. The molecule has 5 nitrogen and oxygen atoms in total. The number of likely N-dealkylation sites (tertiary alicyclic amines) is 1. The Balaban J connectivity index is 2.07. The molecular formula is C13H26N2O3. The second-order valence-corrected chi connectivity index (χ2v) is 4.39. The van der Waals surface area contributed by atoms with Gasteiger partial charge in [0.25, 0.3) is 0 Å². The van der Waals surface area contributed by atoms with Crippen LogP contribution in [-0.2, 0) is 14.3 Å². The highest BCUT2D eigenvalue weighted by molar-refractivity contribution is 5.78. The lowest BCUT2D eigenvalue weighted by atomic mass is 10.4. The van der Waals surface area contributed by atoms with E-state index in [1.54, 1.807) is 0 Å². The van der Waals surface area contributed by atoms with Crippen molar-refractivity contribution in [1.29, 1.82) is 0 Å². The van der Waals surface area contributed by atoms with Crippen molar-refractivity contribution in [3.63, 3.8) is 0 Å². The maximum Gasteiger partial charge on any atom is 0.236 e. The Morgan fingerprint density at radius 3 is 2.39 bits per heavy atom. The number of carbonyl (C=O) groups is 1. The molecule has 1 aliphatic rings. The summed E-state index contributed by atoms with van der Waals surface area (Å²) in [6, 6.07) is 0. The summed E-state index contributed by atoms with van der Waals surface area (Å²) in [5.74, 6) is 0.205. The monoisotopic (exact) mass is 258 g/mol. The average molecular weight is 258 g/mol. The van der Waals surface area contributed by atoms with Crippen molar-refractivity contribution < 1.29 is 14.3 Å². The predicted molar refractivity (Wildman–Crippen MR) is 70.3 cm³/mol. The summed E-state index contributed by atoms with van der Waals surface area (Å²) in [7, 11) is 0. The van der Waals surface area contributed by atoms with Crippen molar-refractivity contribution in [2.75, 3.05) is 39.4 Å². The van der Waals surface area contributed by atoms with Crippen LogP contribution in [0.4, 0.5) is 0 Å². The van der Waals surface area contributed by atoms with Gasteiger partial charge in [0.2, 0.25) is 5.91 Å². The zero-order valence-electron chi connectivity index (χ0n) is 11.6. The Hall–Kier alpha value is -0.650. The molecule has 1 saturated heterocycles. The van der Waals surface area contributed by atoms with E-state index in [0.717, 1.165) is 38.9 Å². The number of hydrogen-bond acceptors (Lipinski definition) is 4. The molecule has 5 heteroatoms. The van der Waals surface area contributed by atoms with Gasteiger partial charge in [0, 0.05) is 39.3 Å². The van der Waals surface area contributed by atoms with Gasteiger partial charge in [-0.15, -0.1) is 0 Å². The van der Waals surface area contributed by atoms with E-state index in [1.807, 2.05) is 18.7 Å². The third kappa shape index (κ3) is 5.80. The lowest BCUT2D eigenvalue weighted by Crippen LogP contribution is -2.37. The molecule has 1 N–H and O–H groups in total. The molecule has 1 fully saturated rings. The first-order valence-electron chi connectivity index (χ1n) is 6.99. The van der Waals surface area contributed by atoms with Crippen molar-refractivity contribution in [1.82, 2.24) is 10.2 Å². The minimum atomic E-state index is -0.158. The first-order valence-corrected chi connectivity index (χ1v) is 6.99. The van der Waals surface area contributed by atoms with Crippen LogP contribution in [0.2, 0.25) is 0 Å². The van der Waals surface area contributed by atoms with Crippen LogP contribution in [0, 0.1) is 0 Å². The molecule has 0 saturated carbocycles. The maximum atomic E-state index is 11.7. The van der Waals surface area contributed by atoms with Gasteiger partial charge in [-0.25, -0.2) is 0 Å². The molecule has 0 spiro atoms. The normalized spacial score (nSPS) is 15.6. The van der Waals surface area contributed by atoms with Gasteiger partial charge in [0.15, 0.2) is 6.29 Å². The van der Waals surface area contributed by atoms with Gasteiger partial charge in [-0.1, -0.05) is 0 Å². The second kappa shape index (κ2) is 9.30. The highest BCUT2D eigenvalue weighted by Gasteiger charge is 2.17. The quantitative estimate of drug-likeness (QED) is 0.495. The summed E-state index contributed by atoms with van der Waals surface area (Å²) >= 11 is 0.